The van der Waals surface area contributed by atoms with E-state index in [2.05, 4.69) is 50.0 Å². The van der Waals surface area contributed by atoms with Gasteiger partial charge in [0.1, 0.15) is 11.3 Å². The lowest BCUT2D eigenvalue weighted by Gasteiger charge is -2.19. The molecule has 0 radical (unpaired) electrons. The maximum Gasteiger partial charge on any atom is 0.412 e. The number of benzene rings is 1. The number of nitrogens with zero attached hydrogens (tertiary/aromatic N) is 4. The van der Waals surface area contributed by atoms with E-state index in [-0.39, 0.29) is 0 Å². The molecule has 1 aliphatic carbocycles. The molecule has 2 heterocycles. The Morgan fingerprint density at radius 2 is 1.76 bits per heavy atom. The van der Waals surface area contributed by atoms with Gasteiger partial charge in [0.15, 0.2) is 0 Å². The summed E-state index contributed by atoms with van der Waals surface area (Å²) in [7, 11) is 0. The highest BCUT2D eigenvalue weighted by molar-refractivity contribution is 5.84. The van der Waals surface area contributed by atoms with E-state index in [1.807, 2.05) is 20.8 Å². The average molecular weight is 392 g/mol. The molecule has 0 saturated carbocycles. The van der Waals surface area contributed by atoms with Crippen molar-refractivity contribution in [2.75, 3.05) is 10.6 Å². The first kappa shape index (κ1) is 18.9. The Balaban J connectivity index is 1.36. The third-order valence-corrected chi connectivity index (χ3v) is 4.51. The first-order valence-corrected chi connectivity index (χ1v) is 9.56. The van der Waals surface area contributed by atoms with Crippen molar-refractivity contribution in [2.24, 2.45) is 0 Å². The number of anilines is 2. The van der Waals surface area contributed by atoms with Crippen LogP contribution in [0.4, 0.5) is 16.4 Å². The fraction of sp³-hybridized carbons (Fsp3) is 0.333. The lowest BCUT2D eigenvalue weighted by atomic mass is 10.1. The van der Waals surface area contributed by atoms with Crippen LogP contribution in [0, 0.1) is 0 Å². The van der Waals surface area contributed by atoms with E-state index in [0.29, 0.717) is 23.4 Å². The summed E-state index contributed by atoms with van der Waals surface area (Å²) in [6.45, 7) is 5.44. The van der Waals surface area contributed by atoms with Crippen LogP contribution in [0.25, 0.3) is 5.69 Å². The number of aromatic nitrogens is 4. The van der Waals surface area contributed by atoms with Gasteiger partial charge < -0.3 is 10.1 Å². The van der Waals surface area contributed by atoms with Crippen LogP contribution in [-0.2, 0) is 17.6 Å². The average Bonchev–Trinajstić information content (AvgIpc) is 3.27. The molecule has 0 bridgehead atoms. The Labute approximate surface area is 169 Å². The SMILES string of the molecule is CC(C)(C)OC(=O)Nc1cnn(-c2cnc(NC3Cc4ccccc4C3)nc2)c1. The highest BCUT2D eigenvalue weighted by Gasteiger charge is 2.21. The predicted octanol–water partition coefficient (Wildman–Crippen LogP) is 3.59. The minimum absolute atomic E-state index is 0.299. The monoisotopic (exact) mass is 392 g/mol. The molecule has 150 valence electrons. The molecule has 3 aromatic rings. The number of hydrogen-bond acceptors (Lipinski definition) is 6. The van der Waals surface area contributed by atoms with E-state index in [1.165, 1.54) is 11.1 Å². The maximum absolute atomic E-state index is 11.9. The Morgan fingerprint density at radius 3 is 2.38 bits per heavy atom. The summed E-state index contributed by atoms with van der Waals surface area (Å²) in [5.41, 5.74) is 3.43. The van der Waals surface area contributed by atoms with Crippen molar-refractivity contribution in [3.63, 3.8) is 0 Å². The number of carbonyl (C=O) groups excluding carboxylic acids is 1. The number of ether oxygens (including phenoxy) is 1. The van der Waals surface area contributed by atoms with Gasteiger partial charge in [0.25, 0.3) is 0 Å². The first-order valence-electron chi connectivity index (χ1n) is 9.56. The second kappa shape index (κ2) is 7.54. The highest BCUT2D eigenvalue weighted by Crippen LogP contribution is 2.23. The molecule has 1 aliphatic rings. The van der Waals surface area contributed by atoms with E-state index in [9.17, 15) is 4.79 Å². The molecule has 0 spiro atoms. The van der Waals surface area contributed by atoms with Crippen LogP contribution in [-0.4, -0.2) is 37.5 Å². The number of amides is 1. The molecule has 4 rings (SSSR count). The van der Waals surface area contributed by atoms with Crippen LogP contribution in [0.1, 0.15) is 31.9 Å². The summed E-state index contributed by atoms with van der Waals surface area (Å²) in [6.07, 6.45) is 8.05. The van der Waals surface area contributed by atoms with Gasteiger partial charge in [0.2, 0.25) is 5.95 Å². The molecule has 0 unspecified atom stereocenters. The van der Waals surface area contributed by atoms with Gasteiger partial charge in [-0.15, -0.1) is 0 Å². The van der Waals surface area contributed by atoms with Crippen molar-refractivity contribution >= 4 is 17.7 Å². The van der Waals surface area contributed by atoms with Gasteiger partial charge in [-0.2, -0.15) is 5.10 Å². The number of nitrogens with one attached hydrogen (secondary N) is 2. The Bertz CT molecular complexity index is 982. The van der Waals surface area contributed by atoms with E-state index in [1.54, 1.807) is 29.5 Å². The minimum Gasteiger partial charge on any atom is -0.444 e. The summed E-state index contributed by atoms with van der Waals surface area (Å²) in [6, 6.07) is 8.78. The van der Waals surface area contributed by atoms with Crippen molar-refractivity contribution in [3.8, 4) is 5.69 Å². The van der Waals surface area contributed by atoms with Crippen LogP contribution < -0.4 is 10.6 Å². The van der Waals surface area contributed by atoms with Gasteiger partial charge in [-0.3, -0.25) is 5.32 Å². The van der Waals surface area contributed by atoms with Crippen LogP contribution in [0.3, 0.4) is 0 Å². The number of fused-ring (bicyclic) bond motifs is 1. The molecule has 0 atom stereocenters. The molecule has 2 aromatic heterocycles. The first-order chi connectivity index (χ1) is 13.9. The third-order valence-electron chi connectivity index (χ3n) is 4.51. The van der Waals surface area contributed by atoms with Crippen molar-refractivity contribution in [3.05, 3.63) is 60.2 Å². The molecule has 0 saturated heterocycles. The topological polar surface area (TPSA) is 94.0 Å². The minimum atomic E-state index is -0.558. The Morgan fingerprint density at radius 1 is 1.10 bits per heavy atom. The second-order valence-electron chi connectivity index (χ2n) is 8.08. The molecule has 0 aliphatic heterocycles. The predicted molar refractivity (Wildman–Crippen MR) is 110 cm³/mol. The summed E-state index contributed by atoms with van der Waals surface area (Å²) in [4.78, 5) is 20.7. The smallest absolute Gasteiger partial charge is 0.412 e. The molecular formula is C21H24N6O2. The highest BCUT2D eigenvalue weighted by atomic mass is 16.6. The summed E-state index contributed by atoms with van der Waals surface area (Å²) < 4.78 is 6.84. The standard InChI is InChI=1S/C21H24N6O2/c1-21(2,3)29-20(28)26-17-10-24-27(13-17)18-11-22-19(23-12-18)25-16-8-14-6-4-5-7-15(14)9-16/h4-7,10-13,16H,8-9H2,1-3H3,(H,26,28)(H,22,23,25). The molecule has 2 N–H and O–H groups in total. The molecule has 0 fully saturated rings. The third kappa shape index (κ3) is 4.71. The van der Waals surface area contributed by atoms with Crippen LogP contribution in [0.15, 0.2) is 49.1 Å². The normalized spacial score (nSPS) is 13.8. The van der Waals surface area contributed by atoms with Crippen LogP contribution in [0.5, 0.6) is 0 Å². The second-order valence-corrected chi connectivity index (χ2v) is 8.08. The molecular weight excluding hydrogens is 368 g/mol. The fourth-order valence-electron chi connectivity index (χ4n) is 3.31. The zero-order valence-corrected chi connectivity index (χ0v) is 16.7. The van der Waals surface area contributed by atoms with Crippen molar-refractivity contribution < 1.29 is 9.53 Å². The van der Waals surface area contributed by atoms with Gasteiger partial charge in [0.05, 0.1) is 30.5 Å². The van der Waals surface area contributed by atoms with Crippen molar-refractivity contribution in [2.45, 2.75) is 45.3 Å². The van der Waals surface area contributed by atoms with Crippen molar-refractivity contribution in [1.82, 2.24) is 19.7 Å². The van der Waals surface area contributed by atoms with Gasteiger partial charge in [-0.05, 0) is 44.7 Å². The van der Waals surface area contributed by atoms with E-state index in [4.69, 9.17) is 4.74 Å². The van der Waals surface area contributed by atoms with E-state index in [0.717, 1.165) is 12.8 Å². The maximum atomic E-state index is 11.9. The summed E-state index contributed by atoms with van der Waals surface area (Å²) in [5, 5.41) is 10.3. The van der Waals surface area contributed by atoms with Crippen molar-refractivity contribution in [1.29, 1.82) is 0 Å². The zero-order chi connectivity index (χ0) is 20.4. The Hall–Kier alpha value is -3.42. The summed E-state index contributed by atoms with van der Waals surface area (Å²) in [5.74, 6) is 0.589. The van der Waals surface area contributed by atoms with Gasteiger partial charge >= 0.3 is 6.09 Å². The van der Waals surface area contributed by atoms with Gasteiger partial charge in [0, 0.05) is 6.04 Å². The van der Waals surface area contributed by atoms with E-state index < -0.39 is 11.7 Å². The number of carbonyl (C=O) groups is 1. The number of hydrogen-bond donors (Lipinski definition) is 2. The van der Waals surface area contributed by atoms with Crippen LogP contribution in [0.2, 0.25) is 0 Å². The number of rotatable bonds is 4. The molecule has 8 nitrogen and oxygen atoms in total. The fourth-order valence-corrected chi connectivity index (χ4v) is 3.31. The van der Waals surface area contributed by atoms with E-state index >= 15 is 0 Å². The van der Waals surface area contributed by atoms with Gasteiger partial charge in [-0.1, -0.05) is 24.3 Å². The quantitative estimate of drug-likeness (QED) is 0.705. The molecule has 29 heavy (non-hydrogen) atoms. The molecule has 1 amide bonds. The molecule has 1 aromatic carbocycles. The molecule has 8 heteroatoms. The zero-order valence-electron chi connectivity index (χ0n) is 16.7. The van der Waals surface area contributed by atoms with Gasteiger partial charge in [-0.25, -0.2) is 19.4 Å². The Kier molecular flexibility index (Phi) is 4.92. The lowest BCUT2D eigenvalue weighted by Crippen LogP contribution is -2.27. The van der Waals surface area contributed by atoms with Crippen LogP contribution >= 0.6 is 0 Å². The summed E-state index contributed by atoms with van der Waals surface area (Å²) >= 11 is 0. The largest absolute Gasteiger partial charge is 0.444 e. The lowest BCUT2D eigenvalue weighted by molar-refractivity contribution is 0.0636.